The summed E-state index contributed by atoms with van der Waals surface area (Å²) < 4.78 is 0. The average Bonchev–Trinajstić information content (AvgIpc) is 2.37. The van der Waals surface area contributed by atoms with Crippen LogP contribution in [0, 0.1) is 27.7 Å². The first kappa shape index (κ1) is 14.3. The van der Waals surface area contributed by atoms with Crippen molar-refractivity contribution in [1.82, 2.24) is 0 Å². The zero-order chi connectivity index (χ0) is 14.7. The third kappa shape index (κ3) is 3.27. The van der Waals surface area contributed by atoms with Gasteiger partial charge in [-0.2, -0.15) is 0 Å². The number of carbonyl (C=O) groups is 1. The summed E-state index contributed by atoms with van der Waals surface area (Å²) in [5, 5.41) is 3.19. The molecular weight excluding hydrogens is 246 g/mol. The Morgan fingerprint density at radius 1 is 0.900 bits per heavy atom. The van der Waals surface area contributed by atoms with Crippen LogP contribution >= 0.6 is 0 Å². The van der Waals surface area contributed by atoms with Gasteiger partial charge in [-0.3, -0.25) is 4.79 Å². The highest BCUT2D eigenvalue weighted by atomic mass is 16.1. The molecule has 0 bridgehead atoms. The summed E-state index contributed by atoms with van der Waals surface area (Å²) in [5.41, 5.74) is 6.34. The Hall–Kier alpha value is -2.09. The van der Waals surface area contributed by atoms with Crippen LogP contribution in [0.1, 0.15) is 32.6 Å². The van der Waals surface area contributed by atoms with Crippen LogP contribution in [0.4, 0.5) is 5.69 Å². The molecule has 1 N–H and O–H groups in total. The quantitative estimate of drug-likeness (QED) is 0.840. The monoisotopic (exact) mass is 267 g/mol. The van der Waals surface area contributed by atoms with Gasteiger partial charge in [-0.1, -0.05) is 35.4 Å². The van der Waals surface area contributed by atoms with Crippen molar-refractivity contribution >= 4 is 11.5 Å². The van der Waals surface area contributed by atoms with Gasteiger partial charge in [0.25, 0.3) is 0 Å². The molecule has 0 saturated heterocycles. The lowest BCUT2D eigenvalue weighted by Crippen LogP contribution is -2.16. The molecule has 0 spiro atoms. The number of hydrogen-bond donors (Lipinski definition) is 1. The first-order valence-corrected chi connectivity index (χ1v) is 6.89. The van der Waals surface area contributed by atoms with Crippen molar-refractivity contribution in [3.05, 3.63) is 64.2 Å². The molecule has 2 aromatic rings. The molecule has 2 nitrogen and oxygen atoms in total. The Kier molecular flexibility index (Phi) is 4.23. The number of nitrogens with one attached hydrogen (secondary N) is 1. The van der Waals surface area contributed by atoms with E-state index in [0.717, 1.165) is 22.4 Å². The maximum Gasteiger partial charge on any atom is 0.182 e. The van der Waals surface area contributed by atoms with E-state index in [-0.39, 0.29) is 5.78 Å². The van der Waals surface area contributed by atoms with E-state index < -0.39 is 0 Å². The van der Waals surface area contributed by atoms with E-state index in [1.54, 1.807) is 0 Å². The molecule has 0 unspecified atom stereocenters. The van der Waals surface area contributed by atoms with Gasteiger partial charge in [0, 0.05) is 11.3 Å². The van der Waals surface area contributed by atoms with Crippen molar-refractivity contribution < 1.29 is 4.79 Å². The molecule has 0 amide bonds. The molecule has 2 heteroatoms. The molecule has 0 aromatic heterocycles. The van der Waals surface area contributed by atoms with Crippen LogP contribution in [0.2, 0.25) is 0 Å². The molecule has 0 atom stereocenters. The van der Waals surface area contributed by atoms with Crippen LogP contribution in [0.5, 0.6) is 0 Å². The number of hydrogen-bond acceptors (Lipinski definition) is 2. The van der Waals surface area contributed by atoms with E-state index in [1.165, 1.54) is 11.1 Å². The summed E-state index contributed by atoms with van der Waals surface area (Å²) in [4.78, 5) is 12.4. The second kappa shape index (κ2) is 5.91. The second-order valence-corrected chi connectivity index (χ2v) is 5.42. The second-order valence-electron chi connectivity index (χ2n) is 5.42. The summed E-state index contributed by atoms with van der Waals surface area (Å²) in [6.45, 7) is 8.43. The third-order valence-electron chi connectivity index (χ3n) is 3.46. The molecule has 0 fully saturated rings. The number of ketones is 1. The number of carbonyl (C=O) groups excluding carboxylic acids is 1. The van der Waals surface area contributed by atoms with Crippen molar-refractivity contribution in [3.63, 3.8) is 0 Å². The predicted molar refractivity (Wildman–Crippen MR) is 84.7 cm³/mol. The van der Waals surface area contributed by atoms with Crippen LogP contribution in [0.15, 0.2) is 36.4 Å². The van der Waals surface area contributed by atoms with E-state index in [0.29, 0.717) is 6.54 Å². The van der Waals surface area contributed by atoms with Crippen molar-refractivity contribution in [2.75, 3.05) is 11.9 Å². The van der Waals surface area contributed by atoms with Crippen LogP contribution in [-0.2, 0) is 0 Å². The SMILES string of the molecule is Cc1ccc(NCC(=O)c2c(C)cc(C)cc2C)cc1. The minimum atomic E-state index is 0.139. The van der Waals surface area contributed by atoms with Crippen molar-refractivity contribution in [2.24, 2.45) is 0 Å². The summed E-state index contributed by atoms with van der Waals surface area (Å²) in [7, 11) is 0. The molecule has 0 aliphatic carbocycles. The molecule has 20 heavy (non-hydrogen) atoms. The standard InChI is InChI=1S/C18H21NO/c1-12-5-7-16(8-6-12)19-11-17(20)18-14(3)9-13(2)10-15(18)4/h5-10,19H,11H2,1-4H3. The fraction of sp³-hybridized carbons (Fsp3) is 0.278. The summed E-state index contributed by atoms with van der Waals surface area (Å²) in [6.07, 6.45) is 0. The summed E-state index contributed by atoms with van der Waals surface area (Å²) in [5.74, 6) is 0.139. The number of Topliss-reactive ketones (excluding diaryl/α,β-unsaturated/α-hetero) is 1. The minimum Gasteiger partial charge on any atom is -0.378 e. The van der Waals surface area contributed by atoms with Gasteiger partial charge in [0.15, 0.2) is 5.78 Å². The summed E-state index contributed by atoms with van der Waals surface area (Å²) >= 11 is 0. The Balaban J connectivity index is 2.11. The van der Waals surface area contributed by atoms with Crippen LogP contribution in [-0.4, -0.2) is 12.3 Å². The van der Waals surface area contributed by atoms with Crippen LogP contribution in [0.25, 0.3) is 0 Å². The lowest BCUT2D eigenvalue weighted by molar-refractivity contribution is 0.100. The van der Waals surface area contributed by atoms with Gasteiger partial charge in [0.05, 0.1) is 6.54 Å². The molecule has 0 saturated carbocycles. The van der Waals surface area contributed by atoms with Crippen LogP contribution in [0.3, 0.4) is 0 Å². The molecule has 2 rings (SSSR count). The number of benzene rings is 2. The van der Waals surface area contributed by atoms with Gasteiger partial charge < -0.3 is 5.32 Å². The topological polar surface area (TPSA) is 29.1 Å². The molecule has 0 aliphatic rings. The van der Waals surface area contributed by atoms with Gasteiger partial charge in [0.2, 0.25) is 0 Å². The van der Waals surface area contributed by atoms with Gasteiger partial charge in [-0.15, -0.1) is 0 Å². The Bertz CT molecular complexity index is 603. The van der Waals surface area contributed by atoms with Crippen molar-refractivity contribution in [1.29, 1.82) is 0 Å². The first-order valence-electron chi connectivity index (χ1n) is 6.89. The zero-order valence-electron chi connectivity index (χ0n) is 12.6. The number of rotatable bonds is 4. The highest BCUT2D eigenvalue weighted by Crippen LogP contribution is 2.17. The Labute approximate surface area is 120 Å². The number of anilines is 1. The molecule has 0 radical (unpaired) electrons. The molecular formula is C18H21NO. The fourth-order valence-corrected chi connectivity index (χ4v) is 2.56. The third-order valence-corrected chi connectivity index (χ3v) is 3.46. The van der Waals surface area contributed by atoms with Gasteiger partial charge in [0.1, 0.15) is 0 Å². The maximum absolute atomic E-state index is 12.4. The maximum atomic E-state index is 12.4. The van der Waals surface area contributed by atoms with E-state index in [1.807, 2.05) is 45.0 Å². The van der Waals surface area contributed by atoms with E-state index >= 15 is 0 Å². The molecule has 0 aliphatic heterocycles. The fourth-order valence-electron chi connectivity index (χ4n) is 2.56. The van der Waals surface area contributed by atoms with Gasteiger partial charge in [-0.25, -0.2) is 0 Å². The van der Waals surface area contributed by atoms with E-state index in [4.69, 9.17) is 0 Å². The lowest BCUT2D eigenvalue weighted by Gasteiger charge is -2.11. The Morgan fingerprint density at radius 2 is 1.45 bits per heavy atom. The van der Waals surface area contributed by atoms with E-state index in [9.17, 15) is 4.79 Å². The van der Waals surface area contributed by atoms with Gasteiger partial charge >= 0.3 is 0 Å². The highest BCUT2D eigenvalue weighted by Gasteiger charge is 2.12. The van der Waals surface area contributed by atoms with E-state index in [2.05, 4.69) is 24.4 Å². The summed E-state index contributed by atoms with van der Waals surface area (Å²) in [6, 6.07) is 12.2. The van der Waals surface area contributed by atoms with Crippen molar-refractivity contribution in [2.45, 2.75) is 27.7 Å². The zero-order valence-corrected chi connectivity index (χ0v) is 12.6. The normalized spacial score (nSPS) is 10.4. The van der Waals surface area contributed by atoms with Crippen molar-refractivity contribution in [3.8, 4) is 0 Å². The molecule has 2 aromatic carbocycles. The van der Waals surface area contributed by atoms with Gasteiger partial charge in [-0.05, 0) is 51.0 Å². The molecule has 0 heterocycles. The molecule has 104 valence electrons. The largest absolute Gasteiger partial charge is 0.378 e. The lowest BCUT2D eigenvalue weighted by atomic mass is 9.96. The predicted octanol–water partition coefficient (Wildman–Crippen LogP) is 4.22. The highest BCUT2D eigenvalue weighted by molar-refractivity contribution is 6.01. The average molecular weight is 267 g/mol. The Morgan fingerprint density at radius 3 is 2.00 bits per heavy atom. The minimum absolute atomic E-state index is 0.139. The van der Waals surface area contributed by atoms with Crippen LogP contribution < -0.4 is 5.32 Å². The first-order chi connectivity index (χ1) is 9.47. The number of aryl methyl sites for hydroxylation is 4. The smallest absolute Gasteiger partial charge is 0.182 e.